The normalized spacial score (nSPS) is 20.5. The van der Waals surface area contributed by atoms with Gasteiger partial charge < -0.3 is 13.3 Å². The van der Waals surface area contributed by atoms with Gasteiger partial charge in [-0.05, 0) is 32.4 Å². The summed E-state index contributed by atoms with van der Waals surface area (Å²) in [5.41, 5.74) is 0.313. The highest BCUT2D eigenvalue weighted by Crippen LogP contribution is 2.25. The van der Waals surface area contributed by atoms with Crippen LogP contribution in [-0.4, -0.2) is 53.8 Å². The van der Waals surface area contributed by atoms with E-state index in [-0.39, 0.29) is 0 Å². The van der Waals surface area contributed by atoms with Crippen LogP contribution in [0.3, 0.4) is 0 Å². The van der Waals surface area contributed by atoms with Gasteiger partial charge in [0, 0.05) is 21.3 Å². The molecular weight excluding hydrogens is 234 g/mol. The van der Waals surface area contributed by atoms with E-state index in [0.29, 0.717) is 5.67 Å². The van der Waals surface area contributed by atoms with Crippen molar-refractivity contribution in [2.45, 2.75) is 44.7 Å². The van der Waals surface area contributed by atoms with Crippen molar-refractivity contribution < 1.29 is 13.3 Å². The van der Waals surface area contributed by atoms with Crippen LogP contribution in [0.15, 0.2) is 0 Å². The lowest BCUT2D eigenvalue weighted by atomic mass is 10.1. The molecule has 4 nitrogen and oxygen atoms in total. The van der Waals surface area contributed by atoms with E-state index in [0.717, 1.165) is 25.9 Å². The molecule has 102 valence electrons. The fourth-order valence-electron chi connectivity index (χ4n) is 2.74. The molecule has 0 aromatic heterocycles. The fraction of sp³-hybridized carbons (Fsp3) is 1.00. The molecule has 1 aliphatic heterocycles. The van der Waals surface area contributed by atoms with Crippen LogP contribution in [0.4, 0.5) is 0 Å². The Labute approximate surface area is 107 Å². The van der Waals surface area contributed by atoms with Crippen LogP contribution < -0.4 is 0 Å². The number of likely N-dealkylation sites (tertiary alicyclic amines) is 1. The van der Waals surface area contributed by atoms with Crippen LogP contribution in [0.5, 0.6) is 0 Å². The van der Waals surface area contributed by atoms with E-state index in [1.807, 2.05) is 0 Å². The third-order valence-corrected chi connectivity index (χ3v) is 6.83. The molecular formula is C12H27NO3Si. The lowest BCUT2D eigenvalue weighted by molar-refractivity contribution is 0.0637. The van der Waals surface area contributed by atoms with Crippen LogP contribution in [0.25, 0.3) is 0 Å². The summed E-state index contributed by atoms with van der Waals surface area (Å²) in [5, 5.41) is 0. The Balaban J connectivity index is 2.80. The van der Waals surface area contributed by atoms with Crippen LogP contribution >= 0.6 is 0 Å². The largest absolute Gasteiger partial charge is 0.518 e. The van der Waals surface area contributed by atoms with E-state index in [9.17, 15) is 0 Å². The average Bonchev–Trinajstić information content (AvgIpc) is 2.41. The topological polar surface area (TPSA) is 30.9 Å². The van der Waals surface area contributed by atoms with E-state index in [4.69, 9.17) is 13.3 Å². The maximum Gasteiger partial charge on any atom is 0.518 e. The summed E-state index contributed by atoms with van der Waals surface area (Å²) in [7, 11) is 2.61. The molecule has 1 heterocycles. The molecule has 0 aromatic carbocycles. The highest BCUT2D eigenvalue weighted by molar-refractivity contribution is 6.62. The Kier molecular flexibility index (Phi) is 6.65. The highest BCUT2D eigenvalue weighted by atomic mass is 28.4. The Bertz CT molecular complexity index is 198. The first-order valence-corrected chi connectivity index (χ1v) is 8.43. The summed E-state index contributed by atoms with van der Waals surface area (Å²) >= 11 is 0. The standard InChI is InChI=1S/C12H27NO3Si/c1-5-9-12(13-10-7-6-8-11-13)17(14-2,15-3)16-4/h12H,5-11H2,1-4H3. The van der Waals surface area contributed by atoms with Crippen molar-refractivity contribution in [2.24, 2.45) is 0 Å². The minimum absolute atomic E-state index is 0.313. The molecule has 17 heavy (non-hydrogen) atoms. The Hall–Kier alpha value is 0.0569. The van der Waals surface area contributed by atoms with Gasteiger partial charge in [-0.1, -0.05) is 19.8 Å². The average molecular weight is 261 g/mol. The van der Waals surface area contributed by atoms with Gasteiger partial charge in [0.2, 0.25) is 0 Å². The molecule has 0 aromatic rings. The number of hydrogen-bond donors (Lipinski definition) is 0. The molecule has 0 N–H and O–H groups in total. The summed E-state index contributed by atoms with van der Waals surface area (Å²) < 4.78 is 17.0. The van der Waals surface area contributed by atoms with Crippen LogP contribution in [0.1, 0.15) is 39.0 Å². The maximum absolute atomic E-state index is 5.66. The lowest BCUT2D eigenvalue weighted by Crippen LogP contribution is -2.62. The molecule has 1 atom stereocenters. The van der Waals surface area contributed by atoms with Crippen LogP contribution in [0.2, 0.25) is 0 Å². The molecule has 1 fully saturated rings. The SMILES string of the molecule is CCCC(N1CCCCC1)[Si](OC)(OC)OC. The first-order valence-electron chi connectivity index (χ1n) is 6.63. The maximum atomic E-state index is 5.66. The molecule has 1 rings (SSSR count). The minimum atomic E-state index is -2.53. The van der Waals surface area contributed by atoms with Crippen molar-refractivity contribution >= 4 is 8.80 Å². The van der Waals surface area contributed by atoms with Gasteiger partial charge >= 0.3 is 8.80 Å². The molecule has 0 amide bonds. The first-order chi connectivity index (χ1) is 8.24. The van der Waals surface area contributed by atoms with E-state index in [1.54, 1.807) is 21.3 Å². The van der Waals surface area contributed by atoms with Crippen LogP contribution in [-0.2, 0) is 13.3 Å². The van der Waals surface area contributed by atoms with Crippen molar-refractivity contribution in [3.8, 4) is 0 Å². The second kappa shape index (κ2) is 7.48. The van der Waals surface area contributed by atoms with Gasteiger partial charge in [0.05, 0.1) is 5.67 Å². The number of nitrogens with zero attached hydrogens (tertiary/aromatic N) is 1. The van der Waals surface area contributed by atoms with E-state index in [2.05, 4.69) is 11.8 Å². The van der Waals surface area contributed by atoms with Crippen molar-refractivity contribution in [1.82, 2.24) is 4.90 Å². The second-order valence-corrected chi connectivity index (χ2v) is 7.72. The van der Waals surface area contributed by atoms with Gasteiger partial charge in [0.15, 0.2) is 0 Å². The lowest BCUT2D eigenvalue weighted by Gasteiger charge is -2.41. The Morgan fingerprint density at radius 2 is 1.53 bits per heavy atom. The van der Waals surface area contributed by atoms with E-state index < -0.39 is 8.80 Å². The van der Waals surface area contributed by atoms with Crippen molar-refractivity contribution in [3.05, 3.63) is 0 Å². The predicted octanol–water partition coefficient (Wildman–Crippen LogP) is 2.06. The van der Waals surface area contributed by atoms with Crippen LogP contribution in [0, 0.1) is 0 Å². The number of rotatable bonds is 7. The van der Waals surface area contributed by atoms with Gasteiger partial charge in [-0.15, -0.1) is 0 Å². The van der Waals surface area contributed by atoms with Gasteiger partial charge in [0.25, 0.3) is 0 Å². The molecule has 0 aliphatic carbocycles. The minimum Gasteiger partial charge on any atom is -0.376 e. The molecule has 0 bridgehead atoms. The molecule has 0 saturated carbocycles. The third-order valence-electron chi connectivity index (χ3n) is 3.66. The Morgan fingerprint density at radius 3 is 1.94 bits per heavy atom. The van der Waals surface area contributed by atoms with Gasteiger partial charge in [-0.2, -0.15) is 0 Å². The summed E-state index contributed by atoms with van der Waals surface area (Å²) in [6.45, 7) is 4.50. The fourth-order valence-corrected chi connectivity index (χ4v) is 5.41. The van der Waals surface area contributed by atoms with Crippen molar-refractivity contribution in [2.75, 3.05) is 34.4 Å². The first kappa shape index (κ1) is 15.1. The van der Waals surface area contributed by atoms with Gasteiger partial charge in [-0.3, -0.25) is 4.90 Å². The zero-order chi connectivity index (χ0) is 12.7. The van der Waals surface area contributed by atoms with Gasteiger partial charge in [-0.25, -0.2) is 0 Å². The van der Waals surface area contributed by atoms with Crippen molar-refractivity contribution in [1.29, 1.82) is 0 Å². The predicted molar refractivity (Wildman–Crippen MR) is 70.9 cm³/mol. The Morgan fingerprint density at radius 1 is 1.00 bits per heavy atom. The second-order valence-electron chi connectivity index (χ2n) is 4.62. The number of piperidine rings is 1. The quantitative estimate of drug-likeness (QED) is 0.656. The van der Waals surface area contributed by atoms with E-state index >= 15 is 0 Å². The zero-order valence-corrected chi connectivity index (χ0v) is 12.7. The highest BCUT2D eigenvalue weighted by Gasteiger charge is 2.49. The number of hydrogen-bond acceptors (Lipinski definition) is 4. The zero-order valence-electron chi connectivity index (χ0n) is 11.7. The summed E-state index contributed by atoms with van der Waals surface area (Å²) in [6.07, 6.45) is 6.12. The molecule has 5 heteroatoms. The third kappa shape index (κ3) is 3.51. The van der Waals surface area contributed by atoms with Gasteiger partial charge in [0.1, 0.15) is 0 Å². The summed E-state index contributed by atoms with van der Waals surface area (Å²) in [4.78, 5) is 2.51. The molecule has 1 aliphatic rings. The molecule has 1 unspecified atom stereocenters. The summed E-state index contributed by atoms with van der Waals surface area (Å²) in [6, 6.07) is 0. The smallest absolute Gasteiger partial charge is 0.376 e. The molecule has 1 saturated heterocycles. The molecule has 0 radical (unpaired) electrons. The van der Waals surface area contributed by atoms with Crippen molar-refractivity contribution in [3.63, 3.8) is 0 Å². The molecule has 0 spiro atoms. The van der Waals surface area contributed by atoms with E-state index in [1.165, 1.54) is 19.3 Å². The summed E-state index contributed by atoms with van der Waals surface area (Å²) in [5.74, 6) is 0. The monoisotopic (exact) mass is 261 g/mol.